The van der Waals surface area contributed by atoms with E-state index in [0.29, 0.717) is 51.1 Å². The standard InChI is InChI=1S/C66H91BrFN9O15/c1-45(78)63-53-37-47(22-27-55(53)77(75-63)42-61(83)76-41-49(68)38-56(76)65(86)74-64-52(46-20-21-46)25-28-57(67)73-64)48-39-70-58(71-40-48)29-24-51(80)43-91-35-34-90-32-30-69-60(82)44-92-36-33-89-31-16-17-50(79)23-26-54(66(87)88)72-59(81)18-14-12-10-8-6-4-2-3-5-7-9-11-13-15-19-62(84)85/h22,25,27-28,37,39-40,46,49,54,56H,2-21,23-24,26,29-36,38,41-44H2,1H3,(H,69,82)(H,72,81)(H,84,85)(H,87,88)(H,73,74,86)/t49-,54+,56+/m1/s1. The van der Waals surface area contributed by atoms with Gasteiger partial charge in [-0.1, -0.05) is 89.2 Å². The number of benzene rings is 1. The fourth-order valence-electron chi connectivity index (χ4n) is 10.8. The zero-order chi connectivity index (χ0) is 66.0. The van der Waals surface area contributed by atoms with Crippen molar-refractivity contribution in [2.75, 3.05) is 71.3 Å². The number of Topliss-reactive ketones (excluding diaryl/α,β-unsaturated/α-hetero) is 3. The van der Waals surface area contributed by atoms with Gasteiger partial charge in [0.2, 0.25) is 23.6 Å². The van der Waals surface area contributed by atoms with Crippen LogP contribution in [0.1, 0.15) is 189 Å². The summed E-state index contributed by atoms with van der Waals surface area (Å²) >= 11 is 3.36. The third-order valence-corrected chi connectivity index (χ3v) is 16.4. The van der Waals surface area contributed by atoms with Crippen LogP contribution >= 0.6 is 15.9 Å². The molecule has 1 saturated carbocycles. The zero-order valence-corrected chi connectivity index (χ0v) is 54.5. The zero-order valence-electron chi connectivity index (χ0n) is 52.9. The summed E-state index contributed by atoms with van der Waals surface area (Å²) in [6.45, 7) is 1.93. The predicted molar refractivity (Wildman–Crippen MR) is 342 cm³/mol. The number of anilines is 1. The lowest BCUT2D eigenvalue weighted by atomic mass is 10.0. The number of carboxylic acids is 2. The Morgan fingerprint density at radius 3 is 1.96 bits per heavy atom. The van der Waals surface area contributed by atoms with Crippen LogP contribution in [0.4, 0.5) is 10.2 Å². The van der Waals surface area contributed by atoms with Crippen molar-refractivity contribution < 1.29 is 76.7 Å². The lowest BCUT2D eigenvalue weighted by Gasteiger charge is -2.24. The summed E-state index contributed by atoms with van der Waals surface area (Å²) in [4.78, 5) is 127. The Morgan fingerprint density at radius 2 is 1.32 bits per heavy atom. The van der Waals surface area contributed by atoms with Crippen molar-refractivity contribution in [2.24, 2.45) is 0 Å². The van der Waals surface area contributed by atoms with Gasteiger partial charge in [-0.15, -0.1) is 0 Å². The number of nitrogens with zero attached hydrogens (tertiary/aromatic N) is 6. The van der Waals surface area contributed by atoms with Crippen molar-refractivity contribution in [3.05, 3.63) is 64.4 Å². The van der Waals surface area contributed by atoms with Gasteiger partial charge in [0.25, 0.3) is 0 Å². The molecule has 2 fully saturated rings. The second-order valence-corrected chi connectivity index (χ2v) is 24.4. The van der Waals surface area contributed by atoms with Crippen molar-refractivity contribution in [2.45, 2.75) is 198 Å². The minimum absolute atomic E-state index is 0.0145. The van der Waals surface area contributed by atoms with Gasteiger partial charge in [-0.2, -0.15) is 5.10 Å². The number of carbonyl (C=O) groups excluding carboxylic acids is 7. The number of ether oxygens (including phenoxy) is 4. The number of halogens is 2. The number of carbonyl (C=O) groups is 9. The van der Waals surface area contributed by atoms with Crippen LogP contribution in [0.5, 0.6) is 0 Å². The summed E-state index contributed by atoms with van der Waals surface area (Å²) in [5, 5.41) is 31.3. The average Bonchev–Trinajstić information content (AvgIpc) is 1.62. The average molecular weight is 1350 g/mol. The van der Waals surface area contributed by atoms with E-state index in [1.54, 1.807) is 36.7 Å². The molecule has 26 heteroatoms. The highest BCUT2D eigenvalue weighted by atomic mass is 79.9. The van der Waals surface area contributed by atoms with E-state index in [0.717, 1.165) is 63.4 Å². The van der Waals surface area contributed by atoms with Crippen LogP contribution in [0.25, 0.3) is 22.0 Å². The van der Waals surface area contributed by atoms with Crippen LogP contribution in [-0.2, 0) is 70.3 Å². The number of aryl methyl sites for hydroxylation is 1. The molecule has 4 aromatic rings. The molecule has 24 nitrogen and oxygen atoms in total. The molecule has 0 bridgehead atoms. The summed E-state index contributed by atoms with van der Waals surface area (Å²) < 4.78 is 38.6. The Morgan fingerprint density at radius 1 is 0.685 bits per heavy atom. The molecule has 1 aromatic carbocycles. The normalized spacial score (nSPS) is 14.9. The number of likely N-dealkylation sites (tertiary alicyclic amines) is 1. The molecular formula is C66H91BrFN9O15. The maximum Gasteiger partial charge on any atom is 0.326 e. The van der Waals surface area contributed by atoms with Crippen LogP contribution in [-0.4, -0.2) is 177 Å². The van der Waals surface area contributed by atoms with Crippen molar-refractivity contribution in [3.63, 3.8) is 0 Å². The number of ketones is 3. The number of amides is 4. The maximum absolute atomic E-state index is 14.9. The van der Waals surface area contributed by atoms with Gasteiger partial charge in [0, 0.05) is 88.4 Å². The second kappa shape index (κ2) is 40.9. The molecule has 5 N–H and O–H groups in total. The molecule has 1 aliphatic heterocycles. The van der Waals surface area contributed by atoms with Gasteiger partial charge >= 0.3 is 11.9 Å². The van der Waals surface area contributed by atoms with Gasteiger partial charge in [-0.05, 0) is 89.7 Å². The van der Waals surface area contributed by atoms with Gasteiger partial charge in [0.05, 0.1) is 45.1 Å². The monoisotopic (exact) mass is 1350 g/mol. The first kappa shape index (κ1) is 74.0. The van der Waals surface area contributed by atoms with Crippen molar-refractivity contribution in [3.8, 4) is 11.1 Å². The van der Waals surface area contributed by atoms with Gasteiger partial charge in [-0.3, -0.25) is 43.0 Å². The van der Waals surface area contributed by atoms with E-state index in [-0.39, 0.29) is 165 Å². The largest absolute Gasteiger partial charge is 0.481 e. The van der Waals surface area contributed by atoms with E-state index < -0.39 is 42.0 Å². The fraction of sp³-hybridized carbons (Fsp3) is 0.621. The van der Waals surface area contributed by atoms with Gasteiger partial charge < -0.3 is 50.0 Å². The number of pyridine rings is 1. The maximum atomic E-state index is 14.9. The van der Waals surface area contributed by atoms with E-state index in [9.17, 15) is 52.6 Å². The number of nitrogens with one attached hydrogen (secondary N) is 3. The highest BCUT2D eigenvalue weighted by Crippen LogP contribution is 2.43. The SMILES string of the molecule is CC(=O)c1nn(CC(=O)N2C[C@H](F)C[C@H]2C(=O)Nc2nc(Br)ccc2C2CC2)c2ccc(-c3cnc(CCC(=O)COCCOCCNC(=O)COCCOCCCC(=O)CC[C@H](NC(=O)CCCCCCCCCCCCCCCCC(=O)O)C(=O)O)nc3)cc12. The molecule has 3 atom stereocenters. The predicted octanol–water partition coefficient (Wildman–Crippen LogP) is 9.02. The summed E-state index contributed by atoms with van der Waals surface area (Å²) in [6.07, 6.45) is 20.2. The molecule has 1 aliphatic carbocycles. The van der Waals surface area contributed by atoms with E-state index in [4.69, 9.17) is 24.1 Å². The lowest BCUT2D eigenvalue weighted by Crippen LogP contribution is -2.44. The molecule has 0 unspecified atom stereocenters. The number of hydrogen-bond donors (Lipinski definition) is 5. The third-order valence-electron chi connectivity index (χ3n) is 16.0. The van der Waals surface area contributed by atoms with Crippen LogP contribution in [0.3, 0.4) is 0 Å². The van der Waals surface area contributed by atoms with Gasteiger partial charge in [0.15, 0.2) is 11.6 Å². The number of hydrogen-bond acceptors (Lipinski definition) is 17. The molecular weight excluding hydrogens is 1260 g/mol. The minimum atomic E-state index is -1.40. The van der Waals surface area contributed by atoms with Gasteiger partial charge in [0.1, 0.15) is 65.7 Å². The van der Waals surface area contributed by atoms with Crippen LogP contribution in [0, 0.1) is 0 Å². The van der Waals surface area contributed by atoms with Gasteiger partial charge in [-0.25, -0.2) is 24.1 Å². The first-order valence-corrected chi connectivity index (χ1v) is 33.3. The lowest BCUT2D eigenvalue weighted by molar-refractivity contribution is -0.142. The molecule has 4 heterocycles. The molecule has 6 rings (SSSR count). The Bertz CT molecular complexity index is 3060. The number of aromatic nitrogens is 5. The third kappa shape index (κ3) is 27.3. The van der Waals surface area contributed by atoms with Crippen LogP contribution in [0.2, 0.25) is 0 Å². The van der Waals surface area contributed by atoms with Crippen LogP contribution < -0.4 is 16.0 Å². The summed E-state index contributed by atoms with van der Waals surface area (Å²) in [6, 6.07) is 6.78. The van der Waals surface area contributed by atoms with E-state index in [1.165, 1.54) is 55.0 Å². The number of unbranched alkanes of at least 4 members (excludes halogenated alkanes) is 13. The molecule has 92 heavy (non-hydrogen) atoms. The Balaban J connectivity index is 0.737. The second-order valence-electron chi connectivity index (χ2n) is 23.6. The molecule has 0 spiro atoms. The van der Waals surface area contributed by atoms with Crippen molar-refractivity contribution in [1.29, 1.82) is 0 Å². The number of alkyl halides is 1. The summed E-state index contributed by atoms with van der Waals surface area (Å²) in [7, 11) is 0. The molecule has 4 amide bonds. The first-order valence-electron chi connectivity index (χ1n) is 32.5. The van der Waals surface area contributed by atoms with E-state index in [2.05, 4.69) is 51.9 Å². The van der Waals surface area contributed by atoms with Crippen LogP contribution in [0.15, 0.2) is 47.3 Å². The topological polar surface area (TPSA) is 327 Å². The molecule has 2 aliphatic rings. The van der Waals surface area contributed by atoms with E-state index in [1.807, 2.05) is 6.07 Å². The number of aliphatic carboxylic acids is 2. The molecule has 1 saturated heterocycles. The molecule has 3 aromatic heterocycles. The Labute approximate surface area is 545 Å². The Kier molecular flexibility index (Phi) is 32.9. The summed E-state index contributed by atoms with van der Waals surface area (Å²) in [5.41, 5.74) is 2.83. The highest BCUT2D eigenvalue weighted by Gasteiger charge is 2.41. The smallest absolute Gasteiger partial charge is 0.326 e. The van der Waals surface area contributed by atoms with Crippen molar-refractivity contribution >= 4 is 85.6 Å². The number of carboxylic acid groups (broad SMARTS) is 2. The highest BCUT2D eigenvalue weighted by molar-refractivity contribution is 9.10. The number of rotatable bonds is 49. The molecule has 504 valence electrons. The Hall–Kier alpha value is -7.00. The van der Waals surface area contributed by atoms with E-state index >= 15 is 0 Å². The van der Waals surface area contributed by atoms with Crippen molar-refractivity contribution in [1.82, 2.24) is 40.3 Å². The minimum Gasteiger partial charge on any atom is -0.481 e. The quantitative estimate of drug-likeness (QED) is 0.0156. The molecule has 0 radical (unpaired) electrons. The number of fused-ring (bicyclic) bond motifs is 1. The summed E-state index contributed by atoms with van der Waals surface area (Å²) in [5.74, 6) is -3.10. The first-order chi connectivity index (χ1) is 44.4. The fourth-order valence-corrected chi connectivity index (χ4v) is 11.1.